The fourth-order valence-electron chi connectivity index (χ4n) is 1.38. The average molecular weight is 222 g/mol. The summed E-state index contributed by atoms with van der Waals surface area (Å²) in [5.41, 5.74) is 0. The second kappa shape index (κ2) is 4.59. The maximum Gasteiger partial charge on any atom is 0.246 e. The van der Waals surface area contributed by atoms with Gasteiger partial charge >= 0.3 is 0 Å². The molecule has 0 bridgehead atoms. The van der Waals surface area contributed by atoms with Crippen LogP contribution in [-0.2, 0) is 4.79 Å². The summed E-state index contributed by atoms with van der Waals surface area (Å²) in [4.78, 5) is 14.6. The summed E-state index contributed by atoms with van der Waals surface area (Å²) in [5.74, 6) is 0.0786. The Bertz CT molecular complexity index is 355. The standard InChI is InChI=1S/C11H14N2OS/c1-13(9-7-12-8-9)11(14)5-4-10-3-2-6-15-10/h2-6,9,12H,7-8H2,1H3. The highest BCUT2D eigenvalue weighted by Gasteiger charge is 2.23. The van der Waals surface area contributed by atoms with E-state index in [2.05, 4.69) is 5.32 Å². The third kappa shape index (κ3) is 2.46. The molecule has 2 rings (SSSR count). The zero-order valence-corrected chi connectivity index (χ0v) is 9.46. The van der Waals surface area contributed by atoms with E-state index >= 15 is 0 Å². The Morgan fingerprint density at radius 2 is 2.47 bits per heavy atom. The Hall–Kier alpha value is -1.13. The van der Waals surface area contributed by atoms with Crippen LogP contribution in [-0.4, -0.2) is 37.0 Å². The number of likely N-dealkylation sites (N-methyl/N-ethyl adjacent to an activating group) is 1. The zero-order chi connectivity index (χ0) is 10.7. The maximum atomic E-state index is 11.7. The van der Waals surface area contributed by atoms with E-state index < -0.39 is 0 Å². The molecule has 1 amide bonds. The van der Waals surface area contributed by atoms with Gasteiger partial charge in [0, 0.05) is 31.1 Å². The molecule has 1 aromatic heterocycles. The Kier molecular flexibility index (Phi) is 3.18. The number of hydrogen-bond donors (Lipinski definition) is 1. The summed E-state index contributed by atoms with van der Waals surface area (Å²) in [6, 6.07) is 4.35. The summed E-state index contributed by atoms with van der Waals surface area (Å²) >= 11 is 1.63. The van der Waals surface area contributed by atoms with E-state index in [1.807, 2.05) is 30.6 Å². The number of thiophene rings is 1. The number of carbonyl (C=O) groups is 1. The van der Waals surface area contributed by atoms with Crippen LogP contribution in [0.1, 0.15) is 4.88 Å². The van der Waals surface area contributed by atoms with Gasteiger partial charge < -0.3 is 10.2 Å². The van der Waals surface area contributed by atoms with Gasteiger partial charge in [-0.1, -0.05) is 6.07 Å². The molecule has 0 spiro atoms. The van der Waals surface area contributed by atoms with Crippen molar-refractivity contribution in [1.82, 2.24) is 10.2 Å². The lowest BCUT2D eigenvalue weighted by Gasteiger charge is -2.34. The fraction of sp³-hybridized carbons (Fsp3) is 0.364. The van der Waals surface area contributed by atoms with Crippen molar-refractivity contribution in [1.29, 1.82) is 0 Å². The lowest BCUT2D eigenvalue weighted by molar-refractivity contribution is -0.127. The van der Waals surface area contributed by atoms with Crippen LogP contribution in [0.4, 0.5) is 0 Å². The molecule has 1 aliphatic rings. The molecule has 2 heterocycles. The van der Waals surface area contributed by atoms with Gasteiger partial charge in [0.2, 0.25) is 5.91 Å². The number of rotatable bonds is 3. The van der Waals surface area contributed by atoms with Crippen LogP contribution >= 0.6 is 11.3 Å². The molecule has 80 valence electrons. The normalized spacial score (nSPS) is 16.6. The smallest absolute Gasteiger partial charge is 0.246 e. The Labute approximate surface area is 93.4 Å². The second-order valence-corrected chi connectivity index (χ2v) is 4.59. The van der Waals surface area contributed by atoms with Gasteiger partial charge in [-0.25, -0.2) is 0 Å². The van der Waals surface area contributed by atoms with E-state index in [0.29, 0.717) is 6.04 Å². The van der Waals surface area contributed by atoms with Gasteiger partial charge in [-0.15, -0.1) is 11.3 Å². The minimum atomic E-state index is 0.0786. The minimum absolute atomic E-state index is 0.0786. The Morgan fingerprint density at radius 1 is 1.67 bits per heavy atom. The van der Waals surface area contributed by atoms with E-state index in [9.17, 15) is 4.79 Å². The number of carbonyl (C=O) groups excluding carboxylic acids is 1. The molecule has 4 heteroatoms. The summed E-state index contributed by atoms with van der Waals surface area (Å²) in [7, 11) is 1.85. The molecular weight excluding hydrogens is 208 g/mol. The quantitative estimate of drug-likeness (QED) is 0.779. The van der Waals surface area contributed by atoms with Crippen molar-refractivity contribution in [3.8, 4) is 0 Å². The number of nitrogens with one attached hydrogen (secondary N) is 1. The Balaban J connectivity index is 1.91. The highest BCUT2D eigenvalue weighted by molar-refractivity contribution is 7.10. The van der Waals surface area contributed by atoms with Gasteiger partial charge in [-0.05, 0) is 17.5 Å². The summed E-state index contributed by atoms with van der Waals surface area (Å²) in [6.07, 6.45) is 3.51. The lowest BCUT2D eigenvalue weighted by Crippen LogP contribution is -2.57. The first-order valence-electron chi connectivity index (χ1n) is 4.96. The minimum Gasteiger partial charge on any atom is -0.337 e. The summed E-state index contributed by atoms with van der Waals surface area (Å²) in [5, 5.41) is 5.15. The third-order valence-corrected chi connectivity index (χ3v) is 3.43. The zero-order valence-electron chi connectivity index (χ0n) is 8.64. The molecule has 0 atom stereocenters. The van der Waals surface area contributed by atoms with Gasteiger partial charge in [0.05, 0.1) is 6.04 Å². The molecule has 1 N–H and O–H groups in total. The summed E-state index contributed by atoms with van der Waals surface area (Å²) < 4.78 is 0. The van der Waals surface area contributed by atoms with Gasteiger partial charge in [-0.3, -0.25) is 4.79 Å². The maximum absolute atomic E-state index is 11.7. The van der Waals surface area contributed by atoms with Gasteiger partial charge in [0.1, 0.15) is 0 Å². The van der Waals surface area contributed by atoms with Crippen LogP contribution in [0, 0.1) is 0 Å². The highest BCUT2D eigenvalue weighted by atomic mass is 32.1. The Morgan fingerprint density at radius 3 is 3.00 bits per heavy atom. The molecule has 0 aliphatic carbocycles. The van der Waals surface area contributed by atoms with Gasteiger partial charge in [0.25, 0.3) is 0 Å². The van der Waals surface area contributed by atoms with Crippen molar-refractivity contribution in [2.24, 2.45) is 0 Å². The fourth-order valence-corrected chi connectivity index (χ4v) is 2.00. The van der Waals surface area contributed by atoms with Crippen LogP contribution in [0.3, 0.4) is 0 Å². The van der Waals surface area contributed by atoms with Crippen LogP contribution in [0.5, 0.6) is 0 Å². The molecule has 1 fully saturated rings. The van der Waals surface area contributed by atoms with Crippen molar-refractivity contribution >= 4 is 23.3 Å². The van der Waals surface area contributed by atoms with Crippen molar-refractivity contribution in [3.05, 3.63) is 28.5 Å². The SMILES string of the molecule is CN(C(=O)C=Cc1cccs1)C1CNC1. The predicted octanol–water partition coefficient (Wildman–Crippen LogP) is 1.19. The number of hydrogen-bond acceptors (Lipinski definition) is 3. The van der Waals surface area contributed by atoms with Crippen LogP contribution in [0.2, 0.25) is 0 Å². The molecule has 0 saturated carbocycles. The van der Waals surface area contributed by atoms with Gasteiger partial charge in [0.15, 0.2) is 0 Å². The first kappa shape index (κ1) is 10.4. The topological polar surface area (TPSA) is 32.3 Å². The van der Waals surface area contributed by atoms with Gasteiger partial charge in [-0.2, -0.15) is 0 Å². The molecule has 0 radical (unpaired) electrons. The molecular formula is C11H14N2OS. The number of nitrogens with zero attached hydrogens (tertiary/aromatic N) is 1. The molecule has 1 aliphatic heterocycles. The van der Waals surface area contributed by atoms with Crippen molar-refractivity contribution < 1.29 is 4.79 Å². The number of amides is 1. The molecule has 3 nitrogen and oxygen atoms in total. The average Bonchev–Trinajstić information content (AvgIpc) is 2.63. The molecule has 0 aromatic carbocycles. The largest absolute Gasteiger partial charge is 0.337 e. The van der Waals surface area contributed by atoms with Crippen molar-refractivity contribution in [3.63, 3.8) is 0 Å². The third-order valence-electron chi connectivity index (χ3n) is 2.59. The van der Waals surface area contributed by atoms with E-state index in [0.717, 1.165) is 18.0 Å². The monoisotopic (exact) mass is 222 g/mol. The van der Waals surface area contributed by atoms with Crippen LogP contribution < -0.4 is 5.32 Å². The first-order valence-corrected chi connectivity index (χ1v) is 5.84. The van der Waals surface area contributed by atoms with E-state index in [4.69, 9.17) is 0 Å². The lowest BCUT2D eigenvalue weighted by atomic mass is 10.1. The second-order valence-electron chi connectivity index (χ2n) is 3.61. The predicted molar refractivity (Wildman–Crippen MR) is 62.8 cm³/mol. The van der Waals surface area contributed by atoms with E-state index in [1.54, 1.807) is 22.3 Å². The summed E-state index contributed by atoms with van der Waals surface area (Å²) in [6.45, 7) is 1.82. The van der Waals surface area contributed by atoms with Crippen LogP contribution in [0.15, 0.2) is 23.6 Å². The molecule has 15 heavy (non-hydrogen) atoms. The highest BCUT2D eigenvalue weighted by Crippen LogP contribution is 2.11. The molecule has 0 unspecified atom stereocenters. The van der Waals surface area contributed by atoms with Crippen molar-refractivity contribution in [2.75, 3.05) is 20.1 Å². The molecule has 1 aromatic rings. The first-order chi connectivity index (χ1) is 7.27. The van der Waals surface area contributed by atoms with E-state index in [1.165, 1.54) is 0 Å². The van der Waals surface area contributed by atoms with Crippen LogP contribution in [0.25, 0.3) is 6.08 Å². The molecule has 1 saturated heterocycles. The van der Waals surface area contributed by atoms with Crippen molar-refractivity contribution in [2.45, 2.75) is 6.04 Å². The van der Waals surface area contributed by atoms with E-state index in [-0.39, 0.29) is 5.91 Å².